The number of hydrogen-bond acceptors (Lipinski definition) is 5. The van der Waals surface area contributed by atoms with Gasteiger partial charge in [0.2, 0.25) is 0 Å². The van der Waals surface area contributed by atoms with E-state index in [1.807, 2.05) is 17.5 Å². The molecule has 0 aliphatic heterocycles. The molecule has 3 heterocycles. The number of nitrogens with zero attached hydrogens (tertiary/aromatic N) is 3. The van der Waals surface area contributed by atoms with Crippen molar-refractivity contribution in [2.24, 2.45) is 0 Å². The van der Waals surface area contributed by atoms with Crippen molar-refractivity contribution in [2.45, 2.75) is 6.92 Å². The lowest BCUT2D eigenvalue weighted by Crippen LogP contribution is -2.23. The quantitative estimate of drug-likeness (QED) is 0.478. The highest BCUT2D eigenvalue weighted by atomic mass is 35.5. The third-order valence-corrected chi connectivity index (χ3v) is 5.98. The molecule has 7 nitrogen and oxygen atoms in total. The van der Waals surface area contributed by atoms with Gasteiger partial charge in [0.1, 0.15) is 10.5 Å². The van der Waals surface area contributed by atoms with Crippen LogP contribution >= 0.6 is 22.9 Å². The second kappa shape index (κ2) is 8.22. The number of pyridine rings is 1. The summed E-state index contributed by atoms with van der Waals surface area (Å²) in [6, 6.07) is 12.2. The van der Waals surface area contributed by atoms with Gasteiger partial charge in [-0.25, -0.2) is 4.98 Å². The number of thiophene rings is 1. The zero-order valence-electron chi connectivity index (χ0n) is 16.6. The number of carbonyl (C=O) groups excluding carboxylic acids is 2. The van der Waals surface area contributed by atoms with Gasteiger partial charge in [-0.05, 0) is 54.3 Å². The van der Waals surface area contributed by atoms with Crippen molar-refractivity contribution in [1.29, 1.82) is 5.26 Å². The summed E-state index contributed by atoms with van der Waals surface area (Å²) in [5, 5.41) is 17.8. The molecule has 2 N–H and O–H groups in total. The molecule has 0 saturated carbocycles. The first-order valence-electron chi connectivity index (χ1n) is 9.22. The molecule has 0 fully saturated rings. The highest BCUT2D eigenvalue weighted by Crippen LogP contribution is 2.32. The van der Waals surface area contributed by atoms with Crippen molar-refractivity contribution in [3.05, 3.63) is 75.4 Å². The SMILES string of the molecule is CNC(=O)c1cc(C#N)cc(C)c1NC(=O)c1cc2ccsc2n1-c1ncccc1Cl. The molecule has 0 atom stereocenters. The van der Waals surface area contributed by atoms with E-state index in [1.165, 1.54) is 24.5 Å². The fourth-order valence-electron chi connectivity index (χ4n) is 3.35. The van der Waals surface area contributed by atoms with E-state index in [0.717, 1.165) is 10.2 Å². The first-order chi connectivity index (χ1) is 14.9. The van der Waals surface area contributed by atoms with Gasteiger partial charge in [0, 0.05) is 18.6 Å². The van der Waals surface area contributed by atoms with Crippen LogP contribution in [0.25, 0.3) is 16.0 Å². The second-order valence-corrected chi connectivity index (χ2v) is 8.02. The number of rotatable bonds is 4. The van der Waals surface area contributed by atoms with Gasteiger partial charge in [0.15, 0.2) is 5.82 Å². The van der Waals surface area contributed by atoms with Crippen molar-refractivity contribution >= 4 is 50.7 Å². The first kappa shape index (κ1) is 20.6. The molecular formula is C22H16ClN5O2S. The van der Waals surface area contributed by atoms with Crippen LogP contribution in [0.5, 0.6) is 0 Å². The lowest BCUT2D eigenvalue weighted by Gasteiger charge is -2.15. The minimum Gasteiger partial charge on any atom is -0.355 e. The van der Waals surface area contributed by atoms with Gasteiger partial charge in [0.05, 0.1) is 27.9 Å². The number of benzene rings is 1. The summed E-state index contributed by atoms with van der Waals surface area (Å²) in [6.45, 7) is 1.73. The number of amides is 2. The summed E-state index contributed by atoms with van der Waals surface area (Å²) in [5.74, 6) is -0.391. The molecular weight excluding hydrogens is 434 g/mol. The molecule has 1 aromatic carbocycles. The zero-order valence-corrected chi connectivity index (χ0v) is 18.1. The van der Waals surface area contributed by atoms with Crippen molar-refractivity contribution in [3.8, 4) is 11.9 Å². The number of nitriles is 1. The lowest BCUT2D eigenvalue weighted by molar-refractivity contribution is 0.0964. The van der Waals surface area contributed by atoms with E-state index in [9.17, 15) is 14.9 Å². The summed E-state index contributed by atoms with van der Waals surface area (Å²) >= 11 is 7.84. The average Bonchev–Trinajstić information content (AvgIpc) is 3.36. The molecule has 0 saturated heterocycles. The van der Waals surface area contributed by atoms with Crippen LogP contribution in [0.15, 0.2) is 48.0 Å². The van der Waals surface area contributed by atoms with E-state index in [2.05, 4.69) is 15.6 Å². The fraction of sp³-hybridized carbons (Fsp3) is 0.0909. The van der Waals surface area contributed by atoms with Crippen molar-refractivity contribution < 1.29 is 9.59 Å². The molecule has 0 aliphatic carbocycles. The van der Waals surface area contributed by atoms with E-state index in [4.69, 9.17) is 11.6 Å². The average molecular weight is 450 g/mol. The summed E-state index contributed by atoms with van der Waals surface area (Å²) < 4.78 is 1.70. The summed E-state index contributed by atoms with van der Waals surface area (Å²) in [7, 11) is 1.49. The number of carbonyl (C=O) groups is 2. The van der Waals surface area contributed by atoms with E-state index >= 15 is 0 Å². The van der Waals surface area contributed by atoms with E-state index in [-0.39, 0.29) is 5.56 Å². The fourth-order valence-corrected chi connectivity index (χ4v) is 4.46. The van der Waals surface area contributed by atoms with E-state index < -0.39 is 11.8 Å². The Balaban J connectivity index is 1.84. The first-order valence-corrected chi connectivity index (χ1v) is 10.5. The van der Waals surface area contributed by atoms with Crippen LogP contribution in [-0.2, 0) is 0 Å². The largest absolute Gasteiger partial charge is 0.355 e. The molecule has 3 aromatic heterocycles. The smallest absolute Gasteiger partial charge is 0.272 e. The number of halogens is 1. The Bertz CT molecular complexity index is 1380. The molecule has 154 valence electrons. The highest BCUT2D eigenvalue weighted by molar-refractivity contribution is 7.16. The van der Waals surface area contributed by atoms with Gasteiger partial charge in [-0.1, -0.05) is 11.6 Å². The van der Waals surface area contributed by atoms with E-state index in [0.29, 0.717) is 33.3 Å². The molecule has 4 aromatic rings. The second-order valence-electron chi connectivity index (χ2n) is 6.72. The van der Waals surface area contributed by atoms with Gasteiger partial charge in [-0.3, -0.25) is 14.2 Å². The van der Waals surface area contributed by atoms with Gasteiger partial charge >= 0.3 is 0 Å². The number of nitrogens with one attached hydrogen (secondary N) is 2. The minimum absolute atomic E-state index is 0.211. The number of fused-ring (bicyclic) bond motifs is 1. The summed E-state index contributed by atoms with van der Waals surface area (Å²) in [5.41, 5.74) is 1.81. The van der Waals surface area contributed by atoms with Crippen LogP contribution in [-0.4, -0.2) is 28.4 Å². The lowest BCUT2D eigenvalue weighted by atomic mass is 10.0. The Morgan fingerprint density at radius 2 is 2.03 bits per heavy atom. The number of aromatic nitrogens is 2. The minimum atomic E-state index is -0.428. The molecule has 0 bridgehead atoms. The maximum atomic E-state index is 13.4. The van der Waals surface area contributed by atoms with Crippen LogP contribution in [0.3, 0.4) is 0 Å². The predicted octanol–water partition coefficient (Wildman–Crippen LogP) is 4.53. The third-order valence-electron chi connectivity index (χ3n) is 4.77. The number of hydrogen-bond donors (Lipinski definition) is 2. The number of aryl methyl sites for hydroxylation is 1. The van der Waals surface area contributed by atoms with Crippen molar-refractivity contribution in [1.82, 2.24) is 14.9 Å². The molecule has 0 spiro atoms. The Labute approximate surface area is 186 Å². The monoisotopic (exact) mass is 449 g/mol. The zero-order chi connectivity index (χ0) is 22.1. The molecule has 4 rings (SSSR count). The molecule has 0 radical (unpaired) electrons. The molecule has 0 aliphatic rings. The van der Waals surface area contributed by atoms with Gasteiger partial charge in [-0.15, -0.1) is 11.3 Å². The normalized spacial score (nSPS) is 10.6. The van der Waals surface area contributed by atoms with Gasteiger partial charge < -0.3 is 10.6 Å². The van der Waals surface area contributed by atoms with Crippen LogP contribution in [0.2, 0.25) is 5.02 Å². The summed E-state index contributed by atoms with van der Waals surface area (Å²) in [4.78, 5) is 30.9. The van der Waals surface area contributed by atoms with Gasteiger partial charge in [-0.2, -0.15) is 5.26 Å². The predicted molar refractivity (Wildman–Crippen MR) is 121 cm³/mol. The maximum Gasteiger partial charge on any atom is 0.272 e. The molecule has 2 amide bonds. The number of anilines is 1. The van der Waals surface area contributed by atoms with Crippen LogP contribution in [0, 0.1) is 18.3 Å². The third kappa shape index (κ3) is 3.65. The van der Waals surface area contributed by atoms with Crippen molar-refractivity contribution in [3.63, 3.8) is 0 Å². The molecule has 9 heteroatoms. The Morgan fingerprint density at radius 1 is 1.23 bits per heavy atom. The van der Waals surface area contributed by atoms with Crippen LogP contribution < -0.4 is 10.6 Å². The van der Waals surface area contributed by atoms with E-state index in [1.54, 1.807) is 42.0 Å². The molecule has 31 heavy (non-hydrogen) atoms. The Morgan fingerprint density at radius 3 is 2.74 bits per heavy atom. The molecule has 0 unspecified atom stereocenters. The van der Waals surface area contributed by atoms with Crippen molar-refractivity contribution in [2.75, 3.05) is 12.4 Å². The highest BCUT2D eigenvalue weighted by Gasteiger charge is 2.23. The topological polar surface area (TPSA) is 99.8 Å². The van der Waals surface area contributed by atoms with Crippen LogP contribution in [0.1, 0.15) is 32.0 Å². The summed E-state index contributed by atoms with van der Waals surface area (Å²) in [6.07, 6.45) is 1.61. The van der Waals surface area contributed by atoms with Crippen LogP contribution in [0.4, 0.5) is 5.69 Å². The Hall–Kier alpha value is -3.67. The standard InChI is InChI=1S/C22H16ClN5O2S/c1-12-8-13(11-24)9-15(20(29)25-2)18(12)27-21(30)17-10-14-5-7-31-22(14)28(17)19-16(23)4-3-6-26-19/h3-10H,1-2H3,(H,25,29)(H,27,30). The maximum absolute atomic E-state index is 13.4. The van der Waals surface area contributed by atoms with Gasteiger partial charge in [0.25, 0.3) is 11.8 Å². The Kier molecular flexibility index (Phi) is 5.46.